The van der Waals surface area contributed by atoms with Crippen molar-refractivity contribution in [2.75, 3.05) is 20.8 Å². The number of likely N-dealkylation sites (N-methyl/N-ethyl adjacent to an activating group) is 1. The molecule has 1 N–H and O–H groups in total. The van der Waals surface area contributed by atoms with E-state index in [9.17, 15) is 9.59 Å². The summed E-state index contributed by atoms with van der Waals surface area (Å²) in [5.74, 6) is 0.624. The topological polar surface area (TPSA) is 97.7 Å². The van der Waals surface area contributed by atoms with Crippen molar-refractivity contribution in [1.29, 1.82) is 0 Å². The monoisotopic (exact) mass is 596 g/mol. The number of amidine groups is 1. The zero-order valence-corrected chi connectivity index (χ0v) is 23.3. The first-order chi connectivity index (χ1) is 18.3. The molecule has 1 amide bonds. The highest BCUT2D eigenvalue weighted by molar-refractivity contribution is 9.10. The van der Waals surface area contributed by atoms with E-state index in [1.54, 1.807) is 43.4 Å². The van der Waals surface area contributed by atoms with Gasteiger partial charge in [0.25, 0.3) is 5.91 Å². The van der Waals surface area contributed by atoms with Crippen LogP contribution < -0.4 is 14.2 Å². The average Bonchev–Trinajstić information content (AvgIpc) is 3.21. The highest BCUT2D eigenvalue weighted by Gasteiger charge is 2.32. The molecule has 1 aliphatic heterocycles. The molecule has 0 spiro atoms. The molecule has 0 saturated carbocycles. The van der Waals surface area contributed by atoms with E-state index in [4.69, 9.17) is 19.3 Å². The van der Waals surface area contributed by atoms with Crippen molar-refractivity contribution in [1.82, 2.24) is 4.90 Å². The van der Waals surface area contributed by atoms with Gasteiger partial charge in [0.1, 0.15) is 12.4 Å². The summed E-state index contributed by atoms with van der Waals surface area (Å²) in [5, 5.41) is 9.67. The lowest BCUT2D eigenvalue weighted by Crippen LogP contribution is -2.28. The van der Waals surface area contributed by atoms with Crippen molar-refractivity contribution >= 4 is 56.5 Å². The quantitative estimate of drug-likeness (QED) is 0.287. The number of hydrogen-bond acceptors (Lipinski definition) is 7. The number of benzene rings is 3. The summed E-state index contributed by atoms with van der Waals surface area (Å²) in [6.07, 6.45) is 1.80. The molecule has 1 heterocycles. The fourth-order valence-corrected chi connectivity index (χ4v) is 5.29. The fourth-order valence-electron chi connectivity index (χ4n) is 3.65. The van der Waals surface area contributed by atoms with Gasteiger partial charge in [-0.05, 0) is 100 Å². The molecule has 1 fully saturated rings. The molecule has 4 rings (SSSR count). The van der Waals surface area contributed by atoms with E-state index < -0.39 is 5.97 Å². The van der Waals surface area contributed by atoms with E-state index in [2.05, 4.69) is 20.9 Å². The smallest absolute Gasteiger partial charge is 0.335 e. The van der Waals surface area contributed by atoms with E-state index in [1.807, 2.05) is 37.3 Å². The second kappa shape index (κ2) is 12.2. The van der Waals surface area contributed by atoms with Crippen LogP contribution in [0.5, 0.6) is 17.2 Å². The van der Waals surface area contributed by atoms with Gasteiger partial charge >= 0.3 is 5.97 Å². The largest absolute Gasteiger partial charge is 0.497 e. The second-order valence-electron chi connectivity index (χ2n) is 8.08. The Balaban J connectivity index is 1.55. The highest BCUT2D eigenvalue weighted by atomic mass is 79.9. The van der Waals surface area contributed by atoms with Crippen LogP contribution in [0, 0.1) is 0 Å². The van der Waals surface area contributed by atoms with Crippen molar-refractivity contribution in [2.45, 2.75) is 13.5 Å². The van der Waals surface area contributed by atoms with Gasteiger partial charge in [-0.1, -0.05) is 12.1 Å². The number of carboxylic acid groups (broad SMARTS) is 1. The van der Waals surface area contributed by atoms with Gasteiger partial charge in [0, 0.05) is 6.54 Å². The summed E-state index contributed by atoms with van der Waals surface area (Å²) in [4.78, 5) is 31.0. The number of carbonyl (C=O) groups is 2. The zero-order chi connectivity index (χ0) is 27.2. The Bertz CT molecular complexity index is 1400. The third-order valence-corrected chi connectivity index (χ3v) is 7.23. The highest BCUT2D eigenvalue weighted by Crippen LogP contribution is 2.40. The van der Waals surface area contributed by atoms with Gasteiger partial charge in [-0.2, -0.15) is 0 Å². The zero-order valence-electron chi connectivity index (χ0n) is 20.9. The number of methoxy groups -OCH3 is 2. The van der Waals surface area contributed by atoms with Gasteiger partial charge in [-0.25, -0.2) is 9.79 Å². The molecule has 8 nitrogen and oxygen atoms in total. The van der Waals surface area contributed by atoms with E-state index in [-0.39, 0.29) is 18.1 Å². The molecular formula is C28H25BrN2O6S. The summed E-state index contributed by atoms with van der Waals surface area (Å²) in [6.45, 7) is 2.62. The standard InChI is InChI=1S/C28H25BrN2O6S/c1-4-31-26(32)24(38-28(31)30-20-9-11-21(35-2)12-10-20)15-18-13-22(29)25(23(14-18)36-3)37-16-17-5-7-19(8-6-17)27(33)34/h5-15H,4,16H2,1-3H3,(H,33,34)/b24-15+,30-28?. The number of aromatic carboxylic acids is 1. The van der Waals surface area contributed by atoms with Crippen LogP contribution in [-0.2, 0) is 11.4 Å². The summed E-state index contributed by atoms with van der Waals surface area (Å²) >= 11 is 4.87. The van der Waals surface area contributed by atoms with Crippen LogP contribution >= 0.6 is 27.7 Å². The molecule has 1 saturated heterocycles. The predicted octanol–water partition coefficient (Wildman–Crippen LogP) is 6.37. The van der Waals surface area contributed by atoms with E-state index in [1.165, 1.54) is 23.9 Å². The molecule has 3 aromatic carbocycles. The molecule has 0 unspecified atom stereocenters. The number of nitrogens with zero attached hydrogens (tertiary/aromatic N) is 2. The predicted molar refractivity (Wildman–Crippen MR) is 151 cm³/mol. The molecular weight excluding hydrogens is 572 g/mol. The first-order valence-electron chi connectivity index (χ1n) is 11.6. The first-order valence-corrected chi connectivity index (χ1v) is 13.2. The number of carboxylic acids is 1. The molecule has 0 aliphatic carbocycles. The Morgan fingerprint density at radius 3 is 2.39 bits per heavy atom. The van der Waals surface area contributed by atoms with Crippen LogP contribution in [0.25, 0.3) is 6.08 Å². The third kappa shape index (κ3) is 6.20. The van der Waals surface area contributed by atoms with Crippen molar-refractivity contribution in [3.63, 3.8) is 0 Å². The van der Waals surface area contributed by atoms with Crippen LogP contribution in [0.1, 0.15) is 28.4 Å². The van der Waals surface area contributed by atoms with Crippen molar-refractivity contribution in [3.8, 4) is 17.2 Å². The second-order valence-corrected chi connectivity index (χ2v) is 9.94. The number of aliphatic imine (C=N–C) groups is 1. The van der Waals surface area contributed by atoms with E-state index >= 15 is 0 Å². The Morgan fingerprint density at radius 2 is 1.79 bits per heavy atom. The number of amides is 1. The van der Waals surface area contributed by atoms with Gasteiger partial charge in [-0.15, -0.1) is 0 Å². The summed E-state index contributed by atoms with van der Waals surface area (Å²) < 4.78 is 17.4. The Kier molecular flexibility index (Phi) is 8.75. The Morgan fingerprint density at radius 1 is 1.08 bits per heavy atom. The summed E-state index contributed by atoms with van der Waals surface area (Å²) in [5.41, 5.74) is 2.50. The minimum atomic E-state index is -0.980. The van der Waals surface area contributed by atoms with Crippen LogP contribution in [0.3, 0.4) is 0 Å². The lowest BCUT2D eigenvalue weighted by Gasteiger charge is -2.14. The van der Waals surface area contributed by atoms with Crippen LogP contribution in [0.4, 0.5) is 5.69 Å². The maximum Gasteiger partial charge on any atom is 0.335 e. The van der Waals surface area contributed by atoms with Gasteiger partial charge in [0.2, 0.25) is 0 Å². The molecule has 196 valence electrons. The van der Waals surface area contributed by atoms with Crippen LogP contribution in [-0.4, -0.2) is 47.8 Å². The number of rotatable bonds is 9. The normalized spacial score (nSPS) is 15.3. The van der Waals surface area contributed by atoms with Crippen molar-refractivity contribution in [3.05, 3.63) is 86.7 Å². The molecule has 0 radical (unpaired) electrons. The minimum Gasteiger partial charge on any atom is -0.497 e. The average molecular weight is 597 g/mol. The molecule has 0 aromatic heterocycles. The lowest BCUT2D eigenvalue weighted by atomic mass is 10.1. The third-order valence-electron chi connectivity index (χ3n) is 5.64. The molecule has 3 aromatic rings. The SMILES string of the molecule is CCN1C(=O)/C(=C\c2cc(Br)c(OCc3ccc(C(=O)O)cc3)c(OC)c2)SC1=Nc1ccc(OC)cc1. The number of ether oxygens (including phenoxy) is 3. The molecule has 38 heavy (non-hydrogen) atoms. The molecule has 0 atom stereocenters. The fraction of sp³-hybridized carbons (Fsp3) is 0.179. The number of halogens is 1. The van der Waals surface area contributed by atoms with Crippen molar-refractivity contribution < 1.29 is 28.9 Å². The molecule has 10 heteroatoms. The molecule has 0 bridgehead atoms. The Hall–Kier alpha value is -3.76. The summed E-state index contributed by atoms with van der Waals surface area (Å²) in [6, 6.07) is 17.5. The maximum atomic E-state index is 13.1. The van der Waals surface area contributed by atoms with Gasteiger partial charge in [-0.3, -0.25) is 9.69 Å². The van der Waals surface area contributed by atoms with Gasteiger partial charge in [0.05, 0.1) is 34.8 Å². The molecule has 1 aliphatic rings. The van der Waals surface area contributed by atoms with Gasteiger partial charge < -0.3 is 19.3 Å². The lowest BCUT2D eigenvalue weighted by molar-refractivity contribution is -0.122. The van der Waals surface area contributed by atoms with Gasteiger partial charge in [0.15, 0.2) is 16.7 Å². The van der Waals surface area contributed by atoms with Crippen molar-refractivity contribution in [2.24, 2.45) is 4.99 Å². The summed E-state index contributed by atoms with van der Waals surface area (Å²) in [7, 11) is 3.15. The number of thioether (sulfide) groups is 1. The van der Waals surface area contributed by atoms with Crippen LogP contribution in [0.2, 0.25) is 0 Å². The van der Waals surface area contributed by atoms with Crippen LogP contribution in [0.15, 0.2) is 75.0 Å². The van der Waals surface area contributed by atoms with E-state index in [0.29, 0.717) is 32.6 Å². The number of hydrogen-bond donors (Lipinski definition) is 1. The minimum absolute atomic E-state index is 0.120. The number of carbonyl (C=O) groups excluding carboxylic acids is 1. The maximum absolute atomic E-state index is 13.1. The van der Waals surface area contributed by atoms with E-state index in [0.717, 1.165) is 22.6 Å². The Labute approximate surface area is 233 Å². The first kappa shape index (κ1) is 27.3.